The molecule has 21 heavy (non-hydrogen) atoms. The lowest BCUT2D eigenvalue weighted by Gasteiger charge is -2.14. The SMILES string of the molecule is C=C/C(NC1=C(C(=C)C)C=CC(C)(F)C=C1)=C(C)\C=C/C. The minimum absolute atomic E-state index is 0.818. The number of hydrogen-bond acceptors (Lipinski definition) is 1. The first-order valence-electron chi connectivity index (χ1n) is 7.01. The first-order chi connectivity index (χ1) is 9.80. The Morgan fingerprint density at radius 2 is 1.90 bits per heavy atom. The maximum absolute atomic E-state index is 14.1. The molecule has 0 aromatic rings. The van der Waals surface area contributed by atoms with Crippen molar-refractivity contribution in [2.24, 2.45) is 0 Å². The monoisotopic (exact) mass is 285 g/mol. The molecular weight excluding hydrogens is 261 g/mol. The smallest absolute Gasteiger partial charge is 0.145 e. The van der Waals surface area contributed by atoms with Crippen molar-refractivity contribution in [1.82, 2.24) is 5.32 Å². The van der Waals surface area contributed by atoms with Crippen LogP contribution in [0.3, 0.4) is 0 Å². The average Bonchev–Trinajstić information content (AvgIpc) is 2.55. The minimum Gasteiger partial charge on any atom is -0.355 e. The number of rotatable bonds is 5. The molecule has 1 rings (SSSR count). The van der Waals surface area contributed by atoms with Crippen molar-refractivity contribution < 1.29 is 4.39 Å². The molecule has 0 bridgehead atoms. The van der Waals surface area contributed by atoms with Gasteiger partial charge in [-0.25, -0.2) is 4.39 Å². The molecule has 0 aromatic heterocycles. The van der Waals surface area contributed by atoms with Crippen LogP contribution in [0.4, 0.5) is 4.39 Å². The van der Waals surface area contributed by atoms with Gasteiger partial charge in [-0.15, -0.1) is 0 Å². The fourth-order valence-electron chi connectivity index (χ4n) is 2.00. The van der Waals surface area contributed by atoms with Gasteiger partial charge in [0.15, 0.2) is 0 Å². The highest BCUT2D eigenvalue weighted by Crippen LogP contribution is 2.25. The van der Waals surface area contributed by atoms with Gasteiger partial charge in [0.25, 0.3) is 0 Å². The third kappa shape index (κ3) is 4.75. The van der Waals surface area contributed by atoms with Gasteiger partial charge in [-0.05, 0) is 63.1 Å². The summed E-state index contributed by atoms with van der Waals surface area (Å²) in [5.41, 5.74) is 3.08. The first kappa shape index (κ1) is 17.0. The van der Waals surface area contributed by atoms with Crippen LogP contribution in [0.25, 0.3) is 0 Å². The summed E-state index contributed by atoms with van der Waals surface area (Å²) in [4.78, 5) is 0. The van der Waals surface area contributed by atoms with Gasteiger partial charge in [0.1, 0.15) is 5.67 Å². The summed E-state index contributed by atoms with van der Waals surface area (Å²) in [6.45, 7) is 15.2. The largest absolute Gasteiger partial charge is 0.355 e. The quantitative estimate of drug-likeness (QED) is 0.676. The molecule has 0 saturated heterocycles. The van der Waals surface area contributed by atoms with E-state index in [0.717, 1.165) is 28.1 Å². The predicted octanol–water partition coefficient (Wildman–Crippen LogP) is 5.30. The van der Waals surface area contributed by atoms with Gasteiger partial charge in [0.2, 0.25) is 0 Å². The van der Waals surface area contributed by atoms with Crippen LogP contribution in [0.2, 0.25) is 0 Å². The van der Waals surface area contributed by atoms with Gasteiger partial charge >= 0.3 is 0 Å². The maximum Gasteiger partial charge on any atom is 0.145 e. The Kier molecular flexibility index (Phi) is 5.71. The average molecular weight is 285 g/mol. The molecule has 1 aliphatic rings. The van der Waals surface area contributed by atoms with Gasteiger partial charge in [0.05, 0.1) is 0 Å². The summed E-state index contributed by atoms with van der Waals surface area (Å²) in [5.74, 6) is 0. The van der Waals surface area contributed by atoms with E-state index in [1.165, 1.54) is 19.1 Å². The molecule has 1 atom stereocenters. The summed E-state index contributed by atoms with van der Waals surface area (Å²) < 4.78 is 14.1. The van der Waals surface area contributed by atoms with Crippen molar-refractivity contribution >= 4 is 0 Å². The van der Waals surface area contributed by atoms with E-state index in [9.17, 15) is 4.39 Å². The molecular formula is C19H24FN. The Labute approximate surface area is 127 Å². The van der Waals surface area contributed by atoms with Crippen LogP contribution in [0, 0.1) is 0 Å². The standard InChI is InChI=1S/C19H24FN/c1-7-9-15(5)17(8-2)21-18-11-13-19(6,20)12-10-16(18)14(3)4/h7-13,21H,2-3H2,1,4-6H3/b9-7-,17-15+. The van der Waals surface area contributed by atoms with Crippen LogP contribution < -0.4 is 5.32 Å². The molecule has 112 valence electrons. The molecule has 0 amide bonds. The van der Waals surface area contributed by atoms with Crippen LogP contribution in [0.15, 0.2) is 83.8 Å². The Morgan fingerprint density at radius 3 is 2.43 bits per heavy atom. The van der Waals surface area contributed by atoms with Crippen LogP contribution in [0.1, 0.15) is 27.7 Å². The van der Waals surface area contributed by atoms with Gasteiger partial charge in [-0.2, -0.15) is 0 Å². The van der Waals surface area contributed by atoms with E-state index in [0.29, 0.717) is 0 Å². The van der Waals surface area contributed by atoms with Crippen molar-refractivity contribution in [3.63, 3.8) is 0 Å². The highest BCUT2D eigenvalue weighted by atomic mass is 19.1. The van der Waals surface area contributed by atoms with Crippen molar-refractivity contribution in [3.8, 4) is 0 Å². The number of hydrogen-bond donors (Lipinski definition) is 1. The second kappa shape index (κ2) is 7.07. The number of allylic oxidation sites excluding steroid dienone is 10. The molecule has 1 aliphatic carbocycles. The van der Waals surface area contributed by atoms with E-state index in [-0.39, 0.29) is 0 Å². The third-order valence-electron chi connectivity index (χ3n) is 3.22. The van der Waals surface area contributed by atoms with E-state index in [1.54, 1.807) is 18.2 Å². The van der Waals surface area contributed by atoms with Gasteiger partial charge in [0, 0.05) is 17.0 Å². The summed E-state index contributed by atoms with van der Waals surface area (Å²) in [5, 5.41) is 3.32. The Bertz CT molecular complexity index is 581. The second-order valence-electron chi connectivity index (χ2n) is 5.35. The highest BCUT2D eigenvalue weighted by Gasteiger charge is 2.18. The van der Waals surface area contributed by atoms with E-state index in [2.05, 4.69) is 18.5 Å². The number of alkyl halides is 1. The van der Waals surface area contributed by atoms with E-state index < -0.39 is 5.67 Å². The lowest BCUT2D eigenvalue weighted by Crippen LogP contribution is -2.14. The molecule has 0 spiro atoms. The van der Waals surface area contributed by atoms with Gasteiger partial charge < -0.3 is 5.32 Å². The van der Waals surface area contributed by atoms with Crippen molar-refractivity contribution in [2.75, 3.05) is 0 Å². The van der Waals surface area contributed by atoms with Crippen LogP contribution in [0.5, 0.6) is 0 Å². The van der Waals surface area contributed by atoms with Crippen molar-refractivity contribution in [3.05, 3.63) is 83.8 Å². The first-order valence-corrected chi connectivity index (χ1v) is 7.01. The van der Waals surface area contributed by atoms with E-state index in [4.69, 9.17) is 0 Å². The van der Waals surface area contributed by atoms with Crippen LogP contribution in [-0.2, 0) is 0 Å². The number of nitrogens with one attached hydrogen (secondary N) is 1. The lowest BCUT2D eigenvalue weighted by molar-refractivity contribution is 0.328. The minimum atomic E-state index is -1.46. The summed E-state index contributed by atoms with van der Waals surface area (Å²) >= 11 is 0. The fraction of sp³-hybridized carbons (Fsp3) is 0.263. The van der Waals surface area contributed by atoms with Crippen LogP contribution in [-0.4, -0.2) is 5.67 Å². The molecule has 1 N–H and O–H groups in total. The normalized spacial score (nSPS) is 23.1. The Balaban J connectivity index is 3.29. The summed E-state index contributed by atoms with van der Waals surface area (Å²) in [7, 11) is 0. The van der Waals surface area contributed by atoms with Gasteiger partial charge in [-0.3, -0.25) is 0 Å². The summed E-state index contributed by atoms with van der Waals surface area (Å²) in [6.07, 6.45) is 12.3. The van der Waals surface area contributed by atoms with Gasteiger partial charge in [-0.1, -0.05) is 31.4 Å². The summed E-state index contributed by atoms with van der Waals surface area (Å²) in [6, 6.07) is 0. The topological polar surface area (TPSA) is 12.0 Å². The zero-order valence-corrected chi connectivity index (χ0v) is 13.3. The molecule has 0 saturated carbocycles. The van der Waals surface area contributed by atoms with E-state index in [1.807, 2.05) is 32.9 Å². The molecule has 0 fully saturated rings. The maximum atomic E-state index is 14.1. The fourth-order valence-corrected chi connectivity index (χ4v) is 2.00. The molecule has 0 aliphatic heterocycles. The molecule has 0 heterocycles. The number of halogens is 1. The van der Waals surface area contributed by atoms with Crippen molar-refractivity contribution in [1.29, 1.82) is 0 Å². The van der Waals surface area contributed by atoms with Crippen molar-refractivity contribution in [2.45, 2.75) is 33.4 Å². The zero-order chi connectivity index (χ0) is 16.0. The highest BCUT2D eigenvalue weighted by molar-refractivity contribution is 5.50. The molecule has 0 aromatic carbocycles. The lowest BCUT2D eigenvalue weighted by atomic mass is 10.1. The molecule has 1 nitrogen and oxygen atoms in total. The predicted molar refractivity (Wildman–Crippen MR) is 90.5 cm³/mol. The second-order valence-corrected chi connectivity index (χ2v) is 5.35. The zero-order valence-electron chi connectivity index (χ0n) is 13.3. The van der Waals surface area contributed by atoms with Crippen LogP contribution >= 0.6 is 0 Å². The Hall–Kier alpha value is -2.09. The molecule has 1 unspecified atom stereocenters. The van der Waals surface area contributed by atoms with E-state index >= 15 is 0 Å². The molecule has 2 heteroatoms. The Morgan fingerprint density at radius 1 is 1.29 bits per heavy atom. The molecule has 0 radical (unpaired) electrons. The third-order valence-corrected chi connectivity index (χ3v) is 3.22.